The van der Waals surface area contributed by atoms with E-state index < -0.39 is 16.5 Å². The average molecular weight is 160 g/mol. The summed E-state index contributed by atoms with van der Waals surface area (Å²) in [5, 5.41) is 0. The summed E-state index contributed by atoms with van der Waals surface area (Å²) >= 11 is 0. The highest BCUT2D eigenvalue weighted by atomic mass is 31.2. The molecular weight excluding hydrogens is 154 g/mol. The van der Waals surface area contributed by atoms with Crippen LogP contribution in [0.4, 0.5) is 0 Å². The predicted octanol–water partition coefficient (Wildman–Crippen LogP) is 0.421. The first kappa shape index (κ1) is 8.34. The zero-order chi connectivity index (χ0) is 6.57. The van der Waals surface area contributed by atoms with Crippen molar-refractivity contribution in [3.8, 4) is 0 Å². The van der Waals surface area contributed by atoms with E-state index in [4.69, 9.17) is 4.89 Å². The maximum atomic E-state index is 10.0. The predicted molar refractivity (Wildman–Crippen MR) is 28.3 cm³/mol. The minimum Gasteiger partial charge on any atom is -0.326 e. The first-order valence-electron chi connectivity index (χ1n) is 1.65. The Bertz CT molecular complexity index is 109. The highest BCUT2D eigenvalue weighted by Gasteiger charge is 1.97. The van der Waals surface area contributed by atoms with Gasteiger partial charge < -0.3 is 9.42 Å². The van der Waals surface area contributed by atoms with E-state index in [9.17, 15) is 9.13 Å². The van der Waals surface area contributed by atoms with Crippen LogP contribution in [-0.2, 0) is 18.0 Å². The Balaban J connectivity index is 3.40. The summed E-state index contributed by atoms with van der Waals surface area (Å²) < 4.78 is 27.6. The molecule has 7 heteroatoms. The molecule has 0 bridgehead atoms. The summed E-state index contributed by atoms with van der Waals surface area (Å²) in [6.45, 7) is 0. The molecule has 0 aromatic carbocycles. The Kier molecular flexibility index (Phi) is 4.42. The van der Waals surface area contributed by atoms with Crippen molar-refractivity contribution in [1.82, 2.24) is 0 Å². The lowest BCUT2D eigenvalue weighted by Crippen LogP contribution is -1.66. The Labute approximate surface area is 47.5 Å². The quantitative estimate of drug-likeness (QED) is 0.605. The molecule has 0 rings (SSSR count). The third-order valence-electron chi connectivity index (χ3n) is 0.337. The average Bonchev–Trinajstić information content (AvgIpc) is 1.65. The summed E-state index contributed by atoms with van der Waals surface area (Å²) in [4.78, 5) is 7.92. The zero-order valence-corrected chi connectivity index (χ0v) is 6.08. The zero-order valence-electron chi connectivity index (χ0n) is 4.08. The van der Waals surface area contributed by atoms with Crippen LogP contribution in [0.25, 0.3) is 0 Å². The Morgan fingerprint density at radius 1 is 1.50 bits per heavy atom. The standard InChI is InChI=1S/CH6O5P2/c1-5-8(4)6-7(2)3/h7-8H,1H3,(H,2,3). The summed E-state index contributed by atoms with van der Waals surface area (Å²) in [6, 6.07) is 0. The van der Waals surface area contributed by atoms with E-state index in [2.05, 4.69) is 8.83 Å². The molecule has 0 spiro atoms. The molecule has 0 heterocycles. The minimum absolute atomic E-state index is 1.13. The fourth-order valence-electron chi connectivity index (χ4n) is 0.113. The third kappa shape index (κ3) is 4.50. The molecule has 0 aromatic heterocycles. The minimum atomic E-state index is -3.09. The molecule has 2 atom stereocenters. The summed E-state index contributed by atoms with van der Waals surface area (Å²) in [7, 11) is -4.65. The maximum Gasteiger partial charge on any atom is 0.325 e. The fourth-order valence-corrected chi connectivity index (χ4v) is 1.02. The van der Waals surface area contributed by atoms with Gasteiger partial charge in [0.05, 0.1) is 0 Å². The molecule has 8 heavy (non-hydrogen) atoms. The van der Waals surface area contributed by atoms with Gasteiger partial charge in [0.25, 0.3) is 0 Å². The van der Waals surface area contributed by atoms with Crippen LogP contribution < -0.4 is 0 Å². The number of hydrogen-bond donors (Lipinski definition) is 1. The van der Waals surface area contributed by atoms with E-state index >= 15 is 0 Å². The van der Waals surface area contributed by atoms with Crippen molar-refractivity contribution in [2.45, 2.75) is 0 Å². The van der Waals surface area contributed by atoms with E-state index in [0.717, 1.165) is 7.11 Å². The number of hydrogen-bond acceptors (Lipinski definition) is 4. The maximum absolute atomic E-state index is 10.0. The number of rotatable bonds is 3. The molecule has 0 aliphatic heterocycles. The monoisotopic (exact) mass is 160 g/mol. The van der Waals surface area contributed by atoms with Crippen molar-refractivity contribution < 1.29 is 22.9 Å². The molecule has 0 radical (unpaired) electrons. The van der Waals surface area contributed by atoms with Crippen LogP contribution in [0.1, 0.15) is 0 Å². The largest absolute Gasteiger partial charge is 0.326 e. The summed E-state index contributed by atoms with van der Waals surface area (Å²) in [6.07, 6.45) is 0. The van der Waals surface area contributed by atoms with Gasteiger partial charge in [-0.2, -0.15) is 0 Å². The van der Waals surface area contributed by atoms with E-state index in [1.54, 1.807) is 0 Å². The van der Waals surface area contributed by atoms with Crippen molar-refractivity contribution in [1.29, 1.82) is 0 Å². The molecule has 2 unspecified atom stereocenters. The van der Waals surface area contributed by atoms with Gasteiger partial charge in [-0.3, -0.25) is 9.13 Å². The molecule has 50 valence electrons. The van der Waals surface area contributed by atoms with Gasteiger partial charge in [0, 0.05) is 7.11 Å². The molecule has 0 aliphatic rings. The molecule has 0 fully saturated rings. The molecule has 0 aromatic rings. The van der Waals surface area contributed by atoms with E-state index in [1.165, 1.54) is 0 Å². The topological polar surface area (TPSA) is 72.8 Å². The van der Waals surface area contributed by atoms with Gasteiger partial charge in [-0.15, -0.1) is 0 Å². The van der Waals surface area contributed by atoms with E-state index in [0.29, 0.717) is 0 Å². The van der Waals surface area contributed by atoms with Crippen LogP contribution in [-0.4, -0.2) is 12.0 Å². The van der Waals surface area contributed by atoms with Gasteiger partial charge in [-0.05, 0) is 0 Å². The lowest BCUT2D eigenvalue weighted by molar-refractivity contribution is 0.332. The SMILES string of the molecule is CO[PH](=O)O[PH](=O)O. The first-order valence-corrected chi connectivity index (χ1v) is 4.14. The third-order valence-corrected chi connectivity index (χ3v) is 2.04. The normalized spacial score (nSPS) is 17.8. The van der Waals surface area contributed by atoms with Crippen molar-refractivity contribution in [2.24, 2.45) is 0 Å². The van der Waals surface area contributed by atoms with Crippen LogP contribution in [0.15, 0.2) is 0 Å². The summed E-state index contributed by atoms with van der Waals surface area (Å²) in [5.74, 6) is 0. The van der Waals surface area contributed by atoms with E-state index in [1.807, 2.05) is 0 Å². The smallest absolute Gasteiger partial charge is 0.325 e. The van der Waals surface area contributed by atoms with Gasteiger partial charge in [-0.25, -0.2) is 4.31 Å². The van der Waals surface area contributed by atoms with Gasteiger partial charge in [-0.1, -0.05) is 0 Å². The van der Waals surface area contributed by atoms with Gasteiger partial charge in [0.2, 0.25) is 0 Å². The Morgan fingerprint density at radius 2 is 2.00 bits per heavy atom. The van der Waals surface area contributed by atoms with Crippen LogP contribution in [0, 0.1) is 0 Å². The van der Waals surface area contributed by atoms with Gasteiger partial charge in [0.15, 0.2) is 0 Å². The molecule has 5 nitrogen and oxygen atoms in total. The second kappa shape index (κ2) is 4.24. The van der Waals surface area contributed by atoms with Gasteiger partial charge in [0.1, 0.15) is 0 Å². The summed E-state index contributed by atoms with van der Waals surface area (Å²) in [5.41, 5.74) is 0. The lowest BCUT2D eigenvalue weighted by Gasteiger charge is -1.93. The van der Waals surface area contributed by atoms with Crippen LogP contribution in [0.5, 0.6) is 0 Å². The van der Waals surface area contributed by atoms with Crippen LogP contribution >= 0.6 is 16.5 Å². The van der Waals surface area contributed by atoms with Crippen molar-refractivity contribution >= 4 is 16.5 Å². The van der Waals surface area contributed by atoms with Crippen LogP contribution in [0.3, 0.4) is 0 Å². The van der Waals surface area contributed by atoms with E-state index in [-0.39, 0.29) is 0 Å². The van der Waals surface area contributed by atoms with Gasteiger partial charge >= 0.3 is 16.5 Å². The highest BCUT2D eigenvalue weighted by molar-refractivity contribution is 7.47. The Morgan fingerprint density at radius 3 is 2.12 bits per heavy atom. The van der Waals surface area contributed by atoms with Crippen LogP contribution in [0.2, 0.25) is 0 Å². The molecule has 0 saturated heterocycles. The van der Waals surface area contributed by atoms with Crippen molar-refractivity contribution in [3.63, 3.8) is 0 Å². The fraction of sp³-hybridized carbons (Fsp3) is 1.00. The second-order valence-corrected chi connectivity index (χ2v) is 3.08. The molecule has 0 saturated carbocycles. The molecular formula is CH6O5P2. The van der Waals surface area contributed by atoms with Crippen molar-refractivity contribution in [2.75, 3.05) is 7.11 Å². The molecule has 0 amide bonds. The second-order valence-electron chi connectivity index (χ2n) is 0.822. The highest BCUT2D eigenvalue weighted by Crippen LogP contribution is 2.34. The Hall–Kier alpha value is 0.340. The molecule has 1 N–H and O–H groups in total. The lowest BCUT2D eigenvalue weighted by atomic mass is 11.8. The molecule has 0 aliphatic carbocycles. The van der Waals surface area contributed by atoms with Crippen molar-refractivity contribution in [3.05, 3.63) is 0 Å². The first-order chi connectivity index (χ1) is 3.66.